The Morgan fingerprint density at radius 1 is 0.560 bits per heavy atom. The van der Waals surface area contributed by atoms with Crippen LogP contribution in [0.5, 0.6) is 0 Å². The topological polar surface area (TPSA) is 86.4 Å². The van der Waals surface area contributed by atoms with Crippen molar-refractivity contribution in [2.75, 3.05) is 0 Å². The maximum Gasteiger partial charge on any atom is 0.165 e. The zero-order valence-electron chi connectivity index (χ0n) is 27.4. The Balaban J connectivity index is 1.21. The highest BCUT2D eigenvalue weighted by atomic mass is 32.1. The number of fused-ring (bicyclic) bond motifs is 9. The van der Waals surface area contributed by atoms with Crippen molar-refractivity contribution in [1.29, 1.82) is 10.8 Å². The van der Waals surface area contributed by atoms with Crippen molar-refractivity contribution in [2.24, 2.45) is 0 Å². The van der Waals surface area contributed by atoms with Gasteiger partial charge in [0.05, 0.1) is 11.4 Å². The summed E-state index contributed by atoms with van der Waals surface area (Å²) in [5.41, 5.74) is 9.84. The maximum absolute atomic E-state index is 8.77. The number of nitrogens with one attached hydrogen (secondary N) is 2. The largest absolute Gasteiger partial charge is 0.299 e. The van der Waals surface area contributed by atoms with Crippen LogP contribution in [0.25, 0.3) is 82.3 Å². The first-order valence-corrected chi connectivity index (χ1v) is 17.5. The third kappa shape index (κ3) is 4.15. The van der Waals surface area contributed by atoms with E-state index in [1.165, 1.54) is 37.7 Å². The fraction of sp³-hybridized carbons (Fsp3) is 0.0682. The molecule has 10 rings (SSSR count). The summed E-state index contributed by atoms with van der Waals surface area (Å²) in [6.45, 7) is 4.58. The van der Waals surface area contributed by atoms with E-state index >= 15 is 0 Å². The van der Waals surface area contributed by atoms with E-state index in [-0.39, 0.29) is 16.8 Å². The molecule has 2 aromatic heterocycles. The molecule has 2 aliphatic rings. The maximum atomic E-state index is 8.77. The van der Waals surface area contributed by atoms with Crippen molar-refractivity contribution in [3.63, 3.8) is 0 Å². The Morgan fingerprint density at radius 3 is 2.12 bits per heavy atom. The molecule has 0 saturated carbocycles. The highest BCUT2D eigenvalue weighted by molar-refractivity contribution is 7.26. The van der Waals surface area contributed by atoms with Gasteiger partial charge in [0.2, 0.25) is 0 Å². The fourth-order valence-electron chi connectivity index (χ4n) is 7.81. The summed E-state index contributed by atoms with van der Waals surface area (Å²) in [5.74, 6) is 1.81. The summed E-state index contributed by atoms with van der Waals surface area (Å²) < 4.78 is 2.37. The number of allylic oxidation sites excluding steroid dienone is 1. The molecule has 236 valence electrons. The normalized spacial score (nSPS) is 14.4. The van der Waals surface area contributed by atoms with E-state index in [1.54, 1.807) is 17.4 Å². The molecular weight excluding hydrogens is 631 g/mol. The van der Waals surface area contributed by atoms with Gasteiger partial charge in [-0.2, -0.15) is 0 Å². The molecule has 50 heavy (non-hydrogen) atoms. The van der Waals surface area contributed by atoms with Gasteiger partial charge in [0.25, 0.3) is 0 Å². The van der Waals surface area contributed by atoms with E-state index < -0.39 is 0 Å². The minimum Gasteiger partial charge on any atom is -0.299 e. The van der Waals surface area contributed by atoms with Crippen LogP contribution in [0.3, 0.4) is 0 Å². The molecule has 0 radical (unpaired) electrons. The molecule has 0 saturated heterocycles. The van der Waals surface area contributed by atoms with Crippen molar-refractivity contribution in [1.82, 2.24) is 15.0 Å². The van der Waals surface area contributed by atoms with E-state index in [9.17, 15) is 0 Å². The lowest BCUT2D eigenvalue weighted by molar-refractivity contribution is 0.660. The average Bonchev–Trinajstić information content (AvgIpc) is 3.64. The Labute approximate surface area is 292 Å². The van der Waals surface area contributed by atoms with Crippen LogP contribution in [0.1, 0.15) is 36.1 Å². The number of aromatic nitrogens is 3. The van der Waals surface area contributed by atoms with Gasteiger partial charge in [-0.25, -0.2) is 15.0 Å². The zero-order valence-corrected chi connectivity index (χ0v) is 28.2. The lowest BCUT2D eigenvalue weighted by Gasteiger charge is -2.21. The number of benzene rings is 6. The number of thiophene rings is 1. The van der Waals surface area contributed by atoms with Crippen LogP contribution in [0.15, 0.2) is 121 Å². The molecule has 2 heterocycles. The van der Waals surface area contributed by atoms with Gasteiger partial charge in [0, 0.05) is 47.8 Å². The molecule has 6 heteroatoms. The Hall–Kier alpha value is -6.11. The molecule has 0 aliphatic heterocycles. The molecule has 0 spiro atoms. The van der Waals surface area contributed by atoms with Crippen LogP contribution >= 0.6 is 11.3 Å². The molecule has 0 fully saturated rings. The molecule has 2 N–H and O–H groups in total. The van der Waals surface area contributed by atoms with Gasteiger partial charge in [-0.1, -0.05) is 111 Å². The first kappa shape index (κ1) is 28.9. The highest BCUT2D eigenvalue weighted by Gasteiger charge is 2.35. The summed E-state index contributed by atoms with van der Waals surface area (Å²) in [4.78, 5) is 15.6. The van der Waals surface area contributed by atoms with Crippen molar-refractivity contribution in [3.05, 3.63) is 144 Å². The van der Waals surface area contributed by atoms with Gasteiger partial charge in [-0.05, 0) is 68.9 Å². The summed E-state index contributed by atoms with van der Waals surface area (Å²) in [6.07, 6.45) is 3.61. The fourth-order valence-corrected chi connectivity index (χ4v) is 9.02. The summed E-state index contributed by atoms with van der Waals surface area (Å²) in [6, 6.07) is 40.4. The van der Waals surface area contributed by atoms with Gasteiger partial charge in [0.1, 0.15) is 0 Å². The molecule has 0 amide bonds. The standard InChI is InChI=1S/C44H29N5S/c1-44(2)34-12-5-3-8-28(34)29-20-18-27(23-35(29)44)42-47-41(26-17-15-24-14-16-25-19-21-36(45)39(46)38(25)33(24)22-26)48-43(49-42)32-11-7-10-31-30-9-4-6-13-37(30)50-40(31)32/h3-23,45-46H,1-2H3. The lowest BCUT2D eigenvalue weighted by Crippen LogP contribution is -2.16. The second-order valence-electron chi connectivity index (χ2n) is 13.6. The predicted octanol–water partition coefficient (Wildman–Crippen LogP) is 11.1. The SMILES string of the molecule is CC1(C)c2ccccc2-c2ccc(-c3nc(-c4ccc5ccc6c(c5c4)C(=N)C(=N)C=C6)nc(-c4cccc5c4sc4ccccc45)n3)cc21. The first-order valence-electron chi connectivity index (χ1n) is 16.7. The second-order valence-corrected chi connectivity index (χ2v) is 14.7. The summed E-state index contributed by atoms with van der Waals surface area (Å²) >= 11 is 1.76. The van der Waals surface area contributed by atoms with Gasteiger partial charge in [-0.3, -0.25) is 10.8 Å². The van der Waals surface area contributed by atoms with E-state index in [2.05, 4.69) is 117 Å². The monoisotopic (exact) mass is 659 g/mol. The van der Waals surface area contributed by atoms with Gasteiger partial charge in [-0.15, -0.1) is 11.3 Å². The van der Waals surface area contributed by atoms with Crippen LogP contribution < -0.4 is 0 Å². The number of nitrogens with zero attached hydrogens (tertiary/aromatic N) is 3. The molecule has 0 unspecified atom stereocenters. The van der Waals surface area contributed by atoms with Crippen LogP contribution in [0.4, 0.5) is 0 Å². The number of rotatable bonds is 3. The summed E-state index contributed by atoms with van der Waals surface area (Å²) in [5, 5.41) is 21.5. The van der Waals surface area contributed by atoms with Gasteiger partial charge >= 0.3 is 0 Å². The molecule has 5 nitrogen and oxygen atoms in total. The average molecular weight is 660 g/mol. The minimum atomic E-state index is -0.159. The third-order valence-electron chi connectivity index (χ3n) is 10.4. The Morgan fingerprint density at radius 2 is 1.24 bits per heavy atom. The van der Waals surface area contributed by atoms with Gasteiger partial charge in [0.15, 0.2) is 17.5 Å². The number of hydrogen-bond donors (Lipinski definition) is 2. The zero-order chi connectivity index (χ0) is 33.7. The highest BCUT2D eigenvalue weighted by Crippen LogP contribution is 2.49. The minimum absolute atomic E-state index is 0.159. The Bertz CT molecular complexity index is 2840. The molecule has 0 bridgehead atoms. The van der Waals surface area contributed by atoms with Crippen LogP contribution in [0, 0.1) is 10.8 Å². The van der Waals surface area contributed by atoms with Crippen molar-refractivity contribution in [3.8, 4) is 45.3 Å². The van der Waals surface area contributed by atoms with E-state index in [0.717, 1.165) is 43.3 Å². The summed E-state index contributed by atoms with van der Waals surface area (Å²) in [7, 11) is 0. The van der Waals surface area contributed by atoms with E-state index in [0.29, 0.717) is 17.5 Å². The second kappa shape index (κ2) is 10.4. The quantitative estimate of drug-likeness (QED) is 0.198. The molecule has 6 aromatic carbocycles. The predicted molar refractivity (Wildman–Crippen MR) is 208 cm³/mol. The van der Waals surface area contributed by atoms with Crippen molar-refractivity contribution >= 4 is 59.8 Å². The van der Waals surface area contributed by atoms with E-state index in [1.807, 2.05) is 18.2 Å². The van der Waals surface area contributed by atoms with Crippen molar-refractivity contribution < 1.29 is 0 Å². The van der Waals surface area contributed by atoms with Crippen LogP contribution in [-0.4, -0.2) is 26.4 Å². The first-order chi connectivity index (χ1) is 24.3. The molecule has 0 atom stereocenters. The molecular formula is C44H29N5S. The van der Waals surface area contributed by atoms with E-state index in [4.69, 9.17) is 25.8 Å². The Kier molecular flexibility index (Phi) is 6.03. The third-order valence-corrected chi connectivity index (χ3v) is 11.6. The molecule has 8 aromatic rings. The lowest BCUT2D eigenvalue weighted by atomic mass is 9.82. The van der Waals surface area contributed by atoms with Gasteiger partial charge < -0.3 is 0 Å². The smallest absolute Gasteiger partial charge is 0.165 e. The van der Waals surface area contributed by atoms with Crippen LogP contribution in [0.2, 0.25) is 0 Å². The molecule has 2 aliphatic carbocycles. The van der Waals surface area contributed by atoms with Crippen molar-refractivity contribution in [2.45, 2.75) is 19.3 Å². The van der Waals surface area contributed by atoms with Crippen LogP contribution in [-0.2, 0) is 5.41 Å². The number of hydrogen-bond acceptors (Lipinski definition) is 6.